The van der Waals surface area contributed by atoms with Crippen molar-refractivity contribution in [3.05, 3.63) is 35.4 Å². The van der Waals surface area contributed by atoms with Gasteiger partial charge in [-0.25, -0.2) is 0 Å². The predicted molar refractivity (Wildman–Crippen MR) is 87.0 cm³/mol. The van der Waals surface area contributed by atoms with E-state index >= 15 is 0 Å². The summed E-state index contributed by atoms with van der Waals surface area (Å²) in [5, 5.41) is 3.55. The van der Waals surface area contributed by atoms with Crippen LogP contribution in [0.4, 0.5) is 0 Å². The fourth-order valence-corrected chi connectivity index (χ4v) is 2.98. The highest BCUT2D eigenvalue weighted by Crippen LogP contribution is 2.28. The second kappa shape index (κ2) is 7.60. The van der Waals surface area contributed by atoms with Gasteiger partial charge in [0.25, 0.3) is 0 Å². The highest BCUT2D eigenvalue weighted by molar-refractivity contribution is 5.84. The normalized spacial score (nSPS) is 22.0. The van der Waals surface area contributed by atoms with Gasteiger partial charge < -0.3 is 4.90 Å². The molecule has 1 fully saturated rings. The van der Waals surface area contributed by atoms with Crippen molar-refractivity contribution >= 4 is 5.91 Å². The number of carbonyl (C=O) groups excluding carboxylic acids is 1. The molecule has 0 spiro atoms. The lowest BCUT2D eigenvalue weighted by molar-refractivity contribution is -0.130. The lowest BCUT2D eigenvalue weighted by Gasteiger charge is -2.24. The number of hydrogen-bond donors (Lipinski definition) is 1. The third-order valence-electron chi connectivity index (χ3n) is 4.21. The topological polar surface area (TPSA) is 32.3 Å². The second-order valence-electron chi connectivity index (χ2n) is 6.06. The van der Waals surface area contributed by atoms with Gasteiger partial charge >= 0.3 is 0 Å². The number of carbonyl (C=O) groups is 1. The van der Waals surface area contributed by atoms with Gasteiger partial charge in [-0.1, -0.05) is 62.9 Å². The van der Waals surface area contributed by atoms with Crippen LogP contribution < -0.4 is 5.32 Å². The van der Waals surface area contributed by atoms with E-state index < -0.39 is 0 Å². The second-order valence-corrected chi connectivity index (χ2v) is 6.06. The summed E-state index contributed by atoms with van der Waals surface area (Å²) in [5.41, 5.74) is 2.45. The minimum Gasteiger partial charge on any atom is -0.322 e. The fourth-order valence-electron chi connectivity index (χ4n) is 2.98. The van der Waals surface area contributed by atoms with Crippen molar-refractivity contribution in [1.82, 2.24) is 10.2 Å². The van der Waals surface area contributed by atoms with E-state index in [-0.39, 0.29) is 18.1 Å². The van der Waals surface area contributed by atoms with Gasteiger partial charge in [-0.15, -0.1) is 0 Å². The van der Waals surface area contributed by atoms with Crippen molar-refractivity contribution in [2.24, 2.45) is 0 Å². The van der Waals surface area contributed by atoms with Crippen molar-refractivity contribution < 1.29 is 4.79 Å². The number of nitrogens with one attached hydrogen (secondary N) is 1. The molecule has 3 nitrogen and oxygen atoms in total. The number of rotatable bonds is 7. The number of aryl methyl sites for hydroxylation is 1. The van der Waals surface area contributed by atoms with Crippen molar-refractivity contribution in [2.45, 2.75) is 65.1 Å². The van der Waals surface area contributed by atoms with Crippen LogP contribution in [0.5, 0.6) is 0 Å². The smallest absolute Gasteiger partial charge is 0.241 e. The number of hydrogen-bond acceptors (Lipinski definition) is 2. The SMILES string of the molecule is CCCCC1NC(c2cccc(C)c2)N(CCCC)C1=O. The number of unbranched alkanes of at least 4 members (excludes halogenated alkanes) is 2. The van der Waals surface area contributed by atoms with Gasteiger partial charge in [0.2, 0.25) is 5.91 Å². The van der Waals surface area contributed by atoms with Crippen LogP contribution in [0.2, 0.25) is 0 Å². The molecule has 0 saturated carbocycles. The van der Waals surface area contributed by atoms with Crippen LogP contribution in [-0.2, 0) is 4.79 Å². The maximum atomic E-state index is 12.6. The molecule has 2 atom stereocenters. The van der Waals surface area contributed by atoms with Crippen LogP contribution in [-0.4, -0.2) is 23.4 Å². The van der Waals surface area contributed by atoms with E-state index in [2.05, 4.69) is 50.4 Å². The summed E-state index contributed by atoms with van der Waals surface area (Å²) < 4.78 is 0. The molecule has 0 aliphatic carbocycles. The Bertz CT molecular complexity index is 472. The largest absolute Gasteiger partial charge is 0.322 e. The van der Waals surface area contributed by atoms with Gasteiger partial charge in [0.15, 0.2) is 0 Å². The summed E-state index contributed by atoms with van der Waals surface area (Å²) >= 11 is 0. The summed E-state index contributed by atoms with van der Waals surface area (Å²) in [7, 11) is 0. The minimum absolute atomic E-state index is 0.00711. The highest BCUT2D eigenvalue weighted by Gasteiger charge is 2.38. The van der Waals surface area contributed by atoms with Crippen LogP contribution >= 0.6 is 0 Å². The monoisotopic (exact) mass is 288 g/mol. The molecule has 1 aromatic rings. The van der Waals surface area contributed by atoms with E-state index in [0.29, 0.717) is 0 Å². The summed E-state index contributed by atoms with van der Waals surface area (Å²) in [4.78, 5) is 14.7. The third kappa shape index (κ3) is 3.85. The molecule has 116 valence electrons. The van der Waals surface area contributed by atoms with Gasteiger partial charge in [0.05, 0.1) is 6.04 Å². The number of benzene rings is 1. The zero-order valence-electron chi connectivity index (χ0n) is 13.6. The van der Waals surface area contributed by atoms with Crippen molar-refractivity contribution in [2.75, 3.05) is 6.54 Å². The van der Waals surface area contributed by atoms with Gasteiger partial charge in [-0.2, -0.15) is 0 Å². The molecular weight excluding hydrogens is 260 g/mol. The maximum absolute atomic E-state index is 12.6. The molecule has 0 radical (unpaired) electrons. The Kier molecular flexibility index (Phi) is 5.80. The van der Waals surface area contributed by atoms with E-state index in [1.807, 2.05) is 4.90 Å². The van der Waals surface area contributed by atoms with Crippen LogP contribution in [0, 0.1) is 6.92 Å². The molecular formula is C18H28N2O. The molecule has 2 rings (SSSR count). The first kappa shape index (κ1) is 16.0. The van der Waals surface area contributed by atoms with Crippen molar-refractivity contribution in [1.29, 1.82) is 0 Å². The highest BCUT2D eigenvalue weighted by atomic mass is 16.2. The zero-order chi connectivity index (χ0) is 15.2. The predicted octanol–water partition coefficient (Wildman–Crippen LogP) is 3.78. The summed E-state index contributed by atoms with van der Waals surface area (Å²) in [6.45, 7) is 7.30. The first-order valence-electron chi connectivity index (χ1n) is 8.30. The molecule has 1 aromatic carbocycles. The number of amides is 1. The molecule has 21 heavy (non-hydrogen) atoms. The molecule has 3 heteroatoms. The zero-order valence-corrected chi connectivity index (χ0v) is 13.6. The summed E-state index contributed by atoms with van der Waals surface area (Å²) in [5.74, 6) is 0.281. The van der Waals surface area contributed by atoms with Gasteiger partial charge in [0.1, 0.15) is 6.17 Å². The summed E-state index contributed by atoms with van der Waals surface area (Å²) in [6.07, 6.45) is 5.41. The fraction of sp³-hybridized carbons (Fsp3) is 0.611. The standard InChI is InChI=1S/C18H28N2O/c1-4-6-11-16-18(21)20(12-7-5-2)17(19-16)15-10-8-9-14(3)13-15/h8-10,13,16-17,19H,4-7,11-12H2,1-3H3. The summed E-state index contributed by atoms with van der Waals surface area (Å²) in [6, 6.07) is 8.48. The van der Waals surface area contributed by atoms with Gasteiger partial charge in [0, 0.05) is 6.54 Å². The molecule has 1 aliphatic heterocycles. The Morgan fingerprint density at radius 1 is 1.19 bits per heavy atom. The van der Waals surface area contributed by atoms with Crippen molar-refractivity contribution in [3.63, 3.8) is 0 Å². The van der Waals surface area contributed by atoms with E-state index in [4.69, 9.17) is 0 Å². The third-order valence-corrected chi connectivity index (χ3v) is 4.21. The average molecular weight is 288 g/mol. The van der Waals surface area contributed by atoms with Crippen LogP contribution in [0.1, 0.15) is 63.2 Å². The number of nitrogens with zero attached hydrogens (tertiary/aromatic N) is 1. The Morgan fingerprint density at radius 2 is 1.95 bits per heavy atom. The van der Waals surface area contributed by atoms with E-state index in [9.17, 15) is 4.79 Å². The lowest BCUT2D eigenvalue weighted by Crippen LogP contribution is -2.32. The van der Waals surface area contributed by atoms with E-state index in [1.165, 1.54) is 11.1 Å². The molecule has 2 unspecified atom stereocenters. The molecule has 1 amide bonds. The molecule has 1 saturated heterocycles. The quantitative estimate of drug-likeness (QED) is 0.828. The van der Waals surface area contributed by atoms with Crippen LogP contribution in [0.3, 0.4) is 0 Å². The first-order chi connectivity index (χ1) is 10.2. The Labute approximate surface area is 128 Å². The van der Waals surface area contributed by atoms with Crippen LogP contribution in [0.15, 0.2) is 24.3 Å². The molecule has 1 aliphatic rings. The molecule has 0 aromatic heterocycles. The van der Waals surface area contributed by atoms with E-state index in [1.54, 1.807) is 0 Å². The van der Waals surface area contributed by atoms with Gasteiger partial charge in [-0.05, 0) is 25.3 Å². The maximum Gasteiger partial charge on any atom is 0.241 e. The van der Waals surface area contributed by atoms with Crippen molar-refractivity contribution in [3.8, 4) is 0 Å². The molecule has 1 heterocycles. The van der Waals surface area contributed by atoms with Crippen LogP contribution in [0.25, 0.3) is 0 Å². The van der Waals surface area contributed by atoms with Gasteiger partial charge in [-0.3, -0.25) is 10.1 Å². The minimum atomic E-state index is -0.00711. The Hall–Kier alpha value is -1.35. The Balaban J connectivity index is 2.17. The molecule has 0 bridgehead atoms. The Morgan fingerprint density at radius 3 is 2.62 bits per heavy atom. The molecule has 1 N–H and O–H groups in total. The first-order valence-corrected chi connectivity index (χ1v) is 8.30. The average Bonchev–Trinajstić information content (AvgIpc) is 2.79. The van der Waals surface area contributed by atoms with E-state index in [0.717, 1.165) is 38.6 Å². The lowest BCUT2D eigenvalue weighted by atomic mass is 10.1.